The molecule has 1 atom stereocenters. The molecule has 2 aliphatic heterocycles. The quantitative estimate of drug-likeness (QED) is 0.831. The van der Waals surface area contributed by atoms with Crippen LogP contribution in [0.15, 0.2) is 24.3 Å². The highest BCUT2D eigenvalue weighted by molar-refractivity contribution is 5.79. The minimum absolute atomic E-state index is 0.280. The molecule has 4 nitrogen and oxygen atoms in total. The molecule has 4 heteroatoms. The number of piperidine rings is 1. The van der Waals surface area contributed by atoms with E-state index in [2.05, 4.69) is 42.0 Å². The molecule has 24 heavy (non-hydrogen) atoms. The van der Waals surface area contributed by atoms with Gasteiger partial charge in [0.2, 0.25) is 5.91 Å². The highest BCUT2D eigenvalue weighted by atomic mass is 16.5. The van der Waals surface area contributed by atoms with E-state index in [-0.39, 0.29) is 5.91 Å². The van der Waals surface area contributed by atoms with Crippen LogP contribution in [0.4, 0.5) is 0 Å². The van der Waals surface area contributed by atoms with Gasteiger partial charge in [-0.1, -0.05) is 29.8 Å². The predicted octanol–water partition coefficient (Wildman–Crippen LogP) is 2.50. The number of hydrogen-bond donors (Lipinski definition) is 0. The summed E-state index contributed by atoms with van der Waals surface area (Å²) in [6, 6.07) is 8.71. The topological polar surface area (TPSA) is 32.8 Å². The van der Waals surface area contributed by atoms with Crippen LogP contribution in [0.5, 0.6) is 0 Å². The minimum Gasteiger partial charge on any atom is -0.381 e. The summed E-state index contributed by atoms with van der Waals surface area (Å²) in [5.41, 5.74) is 2.34. The third-order valence-corrected chi connectivity index (χ3v) is 5.37. The van der Waals surface area contributed by atoms with Crippen molar-refractivity contribution < 1.29 is 9.53 Å². The molecule has 2 saturated heterocycles. The van der Waals surface area contributed by atoms with Gasteiger partial charge in [-0.05, 0) is 51.9 Å². The lowest BCUT2D eigenvalue weighted by Gasteiger charge is -2.38. The highest BCUT2D eigenvalue weighted by Crippen LogP contribution is 2.22. The Morgan fingerprint density at radius 3 is 2.75 bits per heavy atom. The van der Waals surface area contributed by atoms with Crippen molar-refractivity contribution in [3.8, 4) is 0 Å². The Hall–Kier alpha value is -1.39. The third-order valence-electron chi connectivity index (χ3n) is 5.37. The van der Waals surface area contributed by atoms with Gasteiger partial charge in [-0.25, -0.2) is 0 Å². The van der Waals surface area contributed by atoms with Crippen LogP contribution >= 0.6 is 0 Å². The number of carbonyl (C=O) groups excluding carboxylic acids is 1. The van der Waals surface area contributed by atoms with Gasteiger partial charge in [-0.2, -0.15) is 0 Å². The number of likely N-dealkylation sites (tertiary alicyclic amines) is 1. The first-order valence-corrected chi connectivity index (χ1v) is 9.23. The van der Waals surface area contributed by atoms with Gasteiger partial charge in [0.05, 0.1) is 13.0 Å². The van der Waals surface area contributed by atoms with Crippen LogP contribution in [0.3, 0.4) is 0 Å². The number of ether oxygens (including phenoxy) is 1. The van der Waals surface area contributed by atoms with Crippen LogP contribution in [-0.2, 0) is 16.0 Å². The molecule has 0 saturated carbocycles. The molecule has 0 bridgehead atoms. The van der Waals surface area contributed by atoms with Crippen LogP contribution < -0.4 is 0 Å². The average molecular weight is 330 g/mol. The zero-order valence-electron chi connectivity index (χ0n) is 15.0. The summed E-state index contributed by atoms with van der Waals surface area (Å²) in [7, 11) is 2.17. The summed E-state index contributed by atoms with van der Waals surface area (Å²) in [4.78, 5) is 17.6. The zero-order chi connectivity index (χ0) is 16.9. The Morgan fingerprint density at radius 2 is 2.08 bits per heavy atom. The molecule has 1 aromatic rings. The largest absolute Gasteiger partial charge is 0.381 e. The lowest BCUT2D eigenvalue weighted by molar-refractivity contribution is -0.134. The van der Waals surface area contributed by atoms with Crippen molar-refractivity contribution in [2.24, 2.45) is 5.92 Å². The normalized spacial score (nSPS) is 22.7. The number of rotatable bonds is 5. The van der Waals surface area contributed by atoms with Crippen LogP contribution in [0.2, 0.25) is 0 Å². The number of aryl methyl sites for hydroxylation is 1. The summed E-state index contributed by atoms with van der Waals surface area (Å²) in [5.74, 6) is 0.785. The number of amides is 1. The summed E-state index contributed by atoms with van der Waals surface area (Å²) in [5, 5.41) is 0. The Labute approximate surface area is 145 Å². The standard InChI is InChI=1S/C20H30N2O2/c1-16-4-3-5-17(12-16)13-20(23)22(14-18-8-11-24-15-18)19-6-9-21(2)10-7-19/h3-5,12,18-19H,6-11,13-15H2,1-2H3. The van der Waals surface area contributed by atoms with E-state index in [1.54, 1.807) is 0 Å². The van der Waals surface area contributed by atoms with Gasteiger partial charge >= 0.3 is 0 Å². The van der Waals surface area contributed by atoms with Crippen molar-refractivity contribution >= 4 is 5.91 Å². The van der Waals surface area contributed by atoms with E-state index in [4.69, 9.17) is 4.74 Å². The van der Waals surface area contributed by atoms with Gasteiger partial charge in [0.25, 0.3) is 0 Å². The molecular weight excluding hydrogens is 300 g/mol. The molecule has 0 radical (unpaired) electrons. The number of carbonyl (C=O) groups is 1. The SMILES string of the molecule is Cc1cccc(CC(=O)N(CC2CCOC2)C2CCN(C)CC2)c1. The second kappa shape index (κ2) is 8.13. The zero-order valence-corrected chi connectivity index (χ0v) is 15.0. The maximum atomic E-state index is 13.1. The highest BCUT2D eigenvalue weighted by Gasteiger charge is 2.30. The Kier molecular flexibility index (Phi) is 5.90. The van der Waals surface area contributed by atoms with Crippen molar-refractivity contribution in [3.63, 3.8) is 0 Å². The first-order chi connectivity index (χ1) is 11.6. The minimum atomic E-state index is 0.280. The molecular formula is C20H30N2O2. The second-order valence-corrected chi connectivity index (χ2v) is 7.48. The first kappa shape index (κ1) is 17.4. The number of nitrogens with zero attached hydrogens (tertiary/aromatic N) is 2. The van der Waals surface area contributed by atoms with Gasteiger partial charge in [0, 0.05) is 25.1 Å². The van der Waals surface area contributed by atoms with Crippen molar-refractivity contribution in [2.75, 3.05) is 39.9 Å². The van der Waals surface area contributed by atoms with Crippen molar-refractivity contribution in [1.82, 2.24) is 9.80 Å². The summed E-state index contributed by atoms with van der Waals surface area (Å²) in [6.45, 7) is 6.76. The fourth-order valence-electron chi connectivity index (χ4n) is 3.86. The third kappa shape index (κ3) is 4.58. The van der Waals surface area contributed by atoms with Crippen molar-refractivity contribution in [2.45, 2.75) is 38.6 Å². The van der Waals surface area contributed by atoms with Gasteiger partial charge < -0.3 is 14.5 Å². The maximum absolute atomic E-state index is 13.1. The van der Waals surface area contributed by atoms with Gasteiger partial charge in [0.15, 0.2) is 0 Å². The molecule has 0 aromatic heterocycles. The van der Waals surface area contributed by atoms with E-state index < -0.39 is 0 Å². The monoisotopic (exact) mass is 330 g/mol. The Morgan fingerprint density at radius 1 is 1.29 bits per heavy atom. The number of benzene rings is 1. The van der Waals surface area contributed by atoms with E-state index in [0.29, 0.717) is 18.4 Å². The molecule has 0 spiro atoms. The molecule has 1 aromatic carbocycles. The van der Waals surface area contributed by atoms with E-state index in [1.165, 1.54) is 5.56 Å². The number of hydrogen-bond acceptors (Lipinski definition) is 3. The van der Waals surface area contributed by atoms with Gasteiger partial charge in [0.1, 0.15) is 0 Å². The van der Waals surface area contributed by atoms with Crippen LogP contribution in [0.1, 0.15) is 30.4 Å². The summed E-state index contributed by atoms with van der Waals surface area (Å²) in [6.07, 6.45) is 3.77. The molecule has 2 fully saturated rings. The first-order valence-electron chi connectivity index (χ1n) is 9.23. The van der Waals surface area contributed by atoms with E-state index in [0.717, 1.165) is 57.7 Å². The lowest BCUT2D eigenvalue weighted by Crippen LogP contribution is -2.49. The summed E-state index contributed by atoms with van der Waals surface area (Å²) < 4.78 is 5.53. The Bertz CT molecular complexity index is 546. The maximum Gasteiger partial charge on any atom is 0.227 e. The second-order valence-electron chi connectivity index (χ2n) is 7.48. The Balaban J connectivity index is 1.68. The summed E-state index contributed by atoms with van der Waals surface area (Å²) >= 11 is 0. The molecule has 0 aliphatic carbocycles. The van der Waals surface area contributed by atoms with Gasteiger partial charge in [-0.3, -0.25) is 4.79 Å². The molecule has 2 heterocycles. The molecule has 2 aliphatic rings. The van der Waals surface area contributed by atoms with Crippen LogP contribution in [0.25, 0.3) is 0 Å². The molecule has 1 unspecified atom stereocenters. The molecule has 132 valence electrons. The lowest BCUT2D eigenvalue weighted by atomic mass is 9.99. The molecule has 3 rings (SSSR count). The van der Waals surface area contributed by atoms with Crippen LogP contribution in [-0.4, -0.2) is 61.6 Å². The van der Waals surface area contributed by atoms with Crippen LogP contribution in [0, 0.1) is 12.8 Å². The van der Waals surface area contributed by atoms with E-state index in [9.17, 15) is 4.79 Å². The fourth-order valence-corrected chi connectivity index (χ4v) is 3.86. The predicted molar refractivity (Wildman–Crippen MR) is 96.0 cm³/mol. The molecule has 0 N–H and O–H groups in total. The van der Waals surface area contributed by atoms with E-state index in [1.807, 2.05) is 6.07 Å². The molecule has 1 amide bonds. The average Bonchev–Trinajstić information content (AvgIpc) is 3.07. The smallest absolute Gasteiger partial charge is 0.227 e. The van der Waals surface area contributed by atoms with Gasteiger partial charge in [-0.15, -0.1) is 0 Å². The van der Waals surface area contributed by atoms with E-state index >= 15 is 0 Å². The fraction of sp³-hybridized carbons (Fsp3) is 0.650. The van der Waals surface area contributed by atoms with Crippen molar-refractivity contribution in [3.05, 3.63) is 35.4 Å². The van der Waals surface area contributed by atoms with Crippen molar-refractivity contribution in [1.29, 1.82) is 0 Å².